The molecule has 9 nitrogen and oxygen atoms in total. The van der Waals surface area contributed by atoms with Gasteiger partial charge in [-0.05, 0) is 54.3 Å². The molecule has 0 saturated carbocycles. The van der Waals surface area contributed by atoms with Gasteiger partial charge in [-0.3, -0.25) is 19.2 Å². The predicted molar refractivity (Wildman–Crippen MR) is 126 cm³/mol. The Kier molecular flexibility index (Phi) is 8.00. The van der Waals surface area contributed by atoms with E-state index in [1.165, 1.54) is 60.0 Å². The lowest BCUT2D eigenvalue weighted by Crippen LogP contribution is -2.53. The number of nitrogens with one attached hydrogen (secondary N) is 2. The molecule has 11 heteroatoms. The van der Waals surface area contributed by atoms with Crippen LogP contribution in [0.5, 0.6) is 5.75 Å². The van der Waals surface area contributed by atoms with Gasteiger partial charge in [-0.1, -0.05) is 23.7 Å². The van der Waals surface area contributed by atoms with E-state index in [4.69, 9.17) is 11.6 Å². The molecule has 0 saturated heterocycles. The SMILES string of the molecule is C[C@H](NN(C(=O)c1ccsc1)C(=O)c1ccc(C(=O)NCc2cccc(O)c2)cc1Cl)C(=O)O. The lowest BCUT2D eigenvalue weighted by atomic mass is 10.1. The van der Waals surface area contributed by atoms with Crippen molar-refractivity contribution in [2.24, 2.45) is 0 Å². The number of nitrogens with zero attached hydrogens (tertiary/aromatic N) is 1. The van der Waals surface area contributed by atoms with Gasteiger partial charge in [-0.25, -0.2) is 10.4 Å². The maximum Gasteiger partial charge on any atom is 0.322 e. The summed E-state index contributed by atoms with van der Waals surface area (Å²) >= 11 is 7.51. The minimum absolute atomic E-state index is 0.0741. The van der Waals surface area contributed by atoms with Gasteiger partial charge in [0, 0.05) is 17.5 Å². The molecule has 4 N–H and O–H groups in total. The van der Waals surface area contributed by atoms with Gasteiger partial charge in [0.25, 0.3) is 17.7 Å². The van der Waals surface area contributed by atoms with E-state index >= 15 is 0 Å². The first-order chi connectivity index (χ1) is 16.2. The van der Waals surface area contributed by atoms with Crippen molar-refractivity contribution in [3.8, 4) is 5.75 Å². The summed E-state index contributed by atoms with van der Waals surface area (Å²) in [7, 11) is 0. The summed E-state index contributed by atoms with van der Waals surface area (Å²) in [4.78, 5) is 49.7. The van der Waals surface area contributed by atoms with Gasteiger partial charge >= 0.3 is 5.97 Å². The molecule has 3 amide bonds. The highest BCUT2D eigenvalue weighted by atomic mass is 35.5. The van der Waals surface area contributed by atoms with Gasteiger partial charge in [0.15, 0.2) is 0 Å². The second-order valence-corrected chi connectivity index (χ2v) is 8.38. The first kappa shape index (κ1) is 24.9. The highest BCUT2D eigenvalue weighted by Crippen LogP contribution is 2.21. The number of halogens is 1. The molecule has 176 valence electrons. The molecule has 3 aromatic rings. The fourth-order valence-corrected chi connectivity index (χ4v) is 3.77. The summed E-state index contributed by atoms with van der Waals surface area (Å²) in [5, 5.41) is 25.1. The molecule has 0 aliphatic rings. The number of hydrazine groups is 1. The Labute approximate surface area is 203 Å². The molecule has 0 aliphatic heterocycles. The number of aromatic hydroxyl groups is 1. The van der Waals surface area contributed by atoms with Crippen LogP contribution in [0.15, 0.2) is 59.3 Å². The molecule has 1 aromatic heterocycles. The molecule has 0 spiro atoms. The average molecular weight is 502 g/mol. The highest BCUT2D eigenvalue weighted by Gasteiger charge is 2.29. The molecule has 2 aromatic carbocycles. The Hall–Kier alpha value is -3.73. The van der Waals surface area contributed by atoms with Crippen molar-refractivity contribution in [2.45, 2.75) is 19.5 Å². The van der Waals surface area contributed by atoms with Gasteiger partial charge in [-0.15, -0.1) is 0 Å². The van der Waals surface area contributed by atoms with E-state index in [1.807, 2.05) is 0 Å². The first-order valence-corrected chi connectivity index (χ1v) is 11.2. The van der Waals surface area contributed by atoms with E-state index in [2.05, 4.69) is 10.7 Å². The Balaban J connectivity index is 1.79. The van der Waals surface area contributed by atoms with Gasteiger partial charge in [-0.2, -0.15) is 11.3 Å². The van der Waals surface area contributed by atoms with E-state index in [1.54, 1.807) is 17.5 Å². The molecule has 0 aliphatic carbocycles. The largest absolute Gasteiger partial charge is 0.508 e. The van der Waals surface area contributed by atoms with Crippen molar-refractivity contribution in [3.05, 3.63) is 86.6 Å². The van der Waals surface area contributed by atoms with Crippen molar-refractivity contribution in [1.82, 2.24) is 15.8 Å². The zero-order valence-corrected chi connectivity index (χ0v) is 19.4. The molecule has 0 unspecified atom stereocenters. The molecule has 0 bridgehead atoms. The summed E-state index contributed by atoms with van der Waals surface area (Å²) in [6, 6.07) is 10.6. The molecule has 1 atom stereocenters. The molecule has 0 radical (unpaired) electrons. The number of carboxylic acids is 1. The number of hydrogen-bond donors (Lipinski definition) is 4. The van der Waals surface area contributed by atoms with Crippen LogP contribution in [0.1, 0.15) is 43.6 Å². The monoisotopic (exact) mass is 501 g/mol. The number of aliphatic carboxylic acids is 1. The smallest absolute Gasteiger partial charge is 0.322 e. The summed E-state index contributed by atoms with van der Waals surface area (Å²) in [5.41, 5.74) is 3.35. The van der Waals surface area contributed by atoms with Crippen LogP contribution in [0.3, 0.4) is 0 Å². The summed E-state index contributed by atoms with van der Waals surface area (Å²) in [6.07, 6.45) is 0. The van der Waals surface area contributed by atoms with Gasteiger partial charge in [0.05, 0.1) is 16.1 Å². The second kappa shape index (κ2) is 10.9. The Bertz CT molecular complexity index is 1230. The zero-order valence-electron chi connectivity index (χ0n) is 17.8. The van der Waals surface area contributed by atoms with Gasteiger partial charge in [0.1, 0.15) is 11.8 Å². The fraction of sp³-hybridized carbons (Fsp3) is 0.130. The van der Waals surface area contributed by atoms with Crippen LogP contribution >= 0.6 is 22.9 Å². The standard InChI is InChI=1S/C23H20ClN3O6S/c1-13(23(32)33)26-27(21(30)16-7-8-34-12-16)22(31)18-6-5-15(10-19(18)24)20(29)25-11-14-3-2-4-17(28)9-14/h2-10,12-13,26,28H,11H2,1H3,(H,25,29)(H,32,33)/t13-/m0/s1. The molecular weight excluding hydrogens is 482 g/mol. The number of phenolic OH excluding ortho intramolecular Hbond substituents is 1. The summed E-state index contributed by atoms with van der Waals surface area (Å²) < 4.78 is 0. The fourth-order valence-electron chi connectivity index (χ4n) is 2.87. The lowest BCUT2D eigenvalue weighted by molar-refractivity contribution is -0.139. The number of hydrogen-bond acceptors (Lipinski definition) is 7. The van der Waals surface area contributed by atoms with Crippen molar-refractivity contribution in [1.29, 1.82) is 0 Å². The zero-order chi connectivity index (χ0) is 24.8. The molecular formula is C23H20ClN3O6S. The number of carbonyl (C=O) groups is 4. The van der Waals surface area contributed by atoms with Crippen LogP contribution in [0.2, 0.25) is 5.02 Å². The third-order valence-electron chi connectivity index (χ3n) is 4.69. The number of imide groups is 1. The van der Waals surface area contributed by atoms with Crippen molar-refractivity contribution >= 4 is 46.6 Å². The molecule has 3 rings (SSSR count). The third kappa shape index (κ3) is 5.98. The number of amides is 3. The number of carboxylic acid groups (broad SMARTS) is 1. The Morgan fingerprint density at radius 3 is 2.44 bits per heavy atom. The van der Waals surface area contributed by atoms with Crippen LogP contribution in [0.25, 0.3) is 0 Å². The number of rotatable bonds is 8. The molecule has 34 heavy (non-hydrogen) atoms. The quantitative estimate of drug-likeness (QED) is 0.274. The first-order valence-electron chi connectivity index (χ1n) is 9.93. The number of benzene rings is 2. The molecule has 1 heterocycles. The van der Waals surface area contributed by atoms with Crippen LogP contribution in [-0.4, -0.2) is 45.0 Å². The lowest BCUT2D eigenvalue weighted by Gasteiger charge is -2.24. The van der Waals surface area contributed by atoms with E-state index in [0.717, 1.165) is 0 Å². The number of thiophene rings is 1. The van der Waals surface area contributed by atoms with Crippen molar-refractivity contribution < 1.29 is 29.4 Å². The van der Waals surface area contributed by atoms with Crippen LogP contribution < -0.4 is 10.7 Å². The molecule has 0 fully saturated rings. The van der Waals surface area contributed by atoms with Crippen LogP contribution in [0, 0.1) is 0 Å². The highest BCUT2D eigenvalue weighted by molar-refractivity contribution is 7.08. The average Bonchev–Trinajstić information content (AvgIpc) is 3.35. The van der Waals surface area contributed by atoms with Crippen LogP contribution in [-0.2, 0) is 11.3 Å². The van der Waals surface area contributed by atoms with E-state index in [9.17, 15) is 29.4 Å². The maximum absolute atomic E-state index is 13.1. The Morgan fingerprint density at radius 1 is 1.06 bits per heavy atom. The van der Waals surface area contributed by atoms with Crippen LogP contribution in [0.4, 0.5) is 0 Å². The van der Waals surface area contributed by atoms with Crippen molar-refractivity contribution in [3.63, 3.8) is 0 Å². The summed E-state index contributed by atoms with van der Waals surface area (Å²) in [5.74, 6) is -3.27. The predicted octanol–water partition coefficient (Wildman–Crippen LogP) is 3.30. The second-order valence-electron chi connectivity index (χ2n) is 7.19. The topological polar surface area (TPSA) is 136 Å². The third-order valence-corrected chi connectivity index (χ3v) is 5.69. The van der Waals surface area contributed by atoms with E-state index in [-0.39, 0.29) is 34.0 Å². The van der Waals surface area contributed by atoms with E-state index < -0.39 is 29.7 Å². The van der Waals surface area contributed by atoms with E-state index in [0.29, 0.717) is 10.6 Å². The minimum Gasteiger partial charge on any atom is -0.508 e. The maximum atomic E-state index is 13.1. The van der Waals surface area contributed by atoms with Gasteiger partial charge in [0.2, 0.25) is 0 Å². The Morgan fingerprint density at radius 2 is 1.82 bits per heavy atom. The normalized spacial score (nSPS) is 11.5. The van der Waals surface area contributed by atoms with Gasteiger partial charge < -0.3 is 15.5 Å². The summed E-state index contributed by atoms with van der Waals surface area (Å²) in [6.45, 7) is 1.44. The number of carbonyl (C=O) groups excluding carboxylic acids is 3. The van der Waals surface area contributed by atoms with Crippen molar-refractivity contribution in [2.75, 3.05) is 0 Å². The number of phenols is 1. The minimum atomic E-state index is -1.26.